The number of alkyl halides is 9. The van der Waals surface area contributed by atoms with Crippen LogP contribution in [-0.4, -0.2) is 53.7 Å². The van der Waals surface area contributed by atoms with E-state index in [4.69, 9.17) is 0 Å². The number of halogens is 9. The molecule has 1 aromatic heterocycles. The van der Waals surface area contributed by atoms with Crippen LogP contribution in [0.5, 0.6) is 0 Å². The highest BCUT2D eigenvalue weighted by atomic mass is 19.4. The minimum atomic E-state index is -5.21. The smallest absolute Gasteiger partial charge is 0.372 e. The fourth-order valence-corrected chi connectivity index (χ4v) is 3.46. The minimum absolute atomic E-state index is 0.0512. The second-order valence-electron chi connectivity index (χ2n) is 7.92. The quantitative estimate of drug-likeness (QED) is 0.407. The van der Waals surface area contributed by atoms with Gasteiger partial charge in [-0.25, -0.2) is 0 Å². The molecule has 2 amide bonds. The van der Waals surface area contributed by atoms with Gasteiger partial charge in [0.1, 0.15) is 13.1 Å². The van der Waals surface area contributed by atoms with Crippen LogP contribution in [0.2, 0.25) is 0 Å². The number of oxime groups is 1. The fourth-order valence-electron chi connectivity index (χ4n) is 3.46. The zero-order chi connectivity index (χ0) is 27.8. The van der Waals surface area contributed by atoms with Crippen LogP contribution in [-0.2, 0) is 26.2 Å². The number of rotatable bonds is 7. The van der Waals surface area contributed by atoms with Crippen molar-refractivity contribution < 1.29 is 53.9 Å². The monoisotopic (exact) mass is 545 g/mol. The maximum absolute atomic E-state index is 14.0. The summed E-state index contributed by atoms with van der Waals surface area (Å²) in [6, 6.07) is 3.85. The van der Waals surface area contributed by atoms with Crippen molar-refractivity contribution in [3.05, 3.63) is 46.8 Å². The molecule has 37 heavy (non-hydrogen) atoms. The van der Waals surface area contributed by atoms with Gasteiger partial charge in [0.15, 0.2) is 5.69 Å². The Balaban J connectivity index is 1.82. The largest absolute Gasteiger partial charge is 0.437 e. The van der Waals surface area contributed by atoms with E-state index in [9.17, 15) is 49.1 Å². The molecule has 1 atom stereocenters. The van der Waals surface area contributed by atoms with E-state index < -0.39 is 60.9 Å². The van der Waals surface area contributed by atoms with Crippen molar-refractivity contribution in [2.45, 2.75) is 37.5 Å². The number of aromatic nitrogens is 2. The summed E-state index contributed by atoms with van der Waals surface area (Å²) < 4.78 is 117. The van der Waals surface area contributed by atoms with Crippen LogP contribution in [0, 0.1) is 6.92 Å². The first-order chi connectivity index (χ1) is 17.0. The number of hydrogen-bond acceptors (Lipinski definition) is 5. The maximum atomic E-state index is 14.0. The Morgan fingerprint density at radius 1 is 1.16 bits per heavy atom. The van der Waals surface area contributed by atoms with E-state index in [0.717, 1.165) is 4.90 Å². The molecular formula is C20H16F9N5O3. The van der Waals surface area contributed by atoms with Gasteiger partial charge in [-0.05, 0) is 36.2 Å². The van der Waals surface area contributed by atoms with E-state index in [1.807, 2.05) is 0 Å². The van der Waals surface area contributed by atoms with Crippen LogP contribution in [0.4, 0.5) is 45.2 Å². The van der Waals surface area contributed by atoms with Gasteiger partial charge in [0.25, 0.3) is 5.60 Å². The number of nitrogens with zero attached hydrogens (tertiary/aromatic N) is 3. The molecular weight excluding hydrogens is 529 g/mol. The summed E-state index contributed by atoms with van der Waals surface area (Å²) in [6.45, 7) is -0.985. The highest BCUT2D eigenvalue weighted by Crippen LogP contribution is 2.49. The second kappa shape index (κ2) is 9.59. The molecule has 1 aromatic carbocycles. The van der Waals surface area contributed by atoms with Crippen molar-refractivity contribution in [2.75, 3.05) is 18.0 Å². The number of aromatic amines is 1. The van der Waals surface area contributed by atoms with Crippen LogP contribution >= 0.6 is 0 Å². The Hall–Kier alpha value is -3.79. The van der Waals surface area contributed by atoms with Crippen LogP contribution in [0.25, 0.3) is 0 Å². The summed E-state index contributed by atoms with van der Waals surface area (Å²) in [5, 5.41) is 9.61. The van der Waals surface area contributed by atoms with E-state index in [2.05, 4.69) is 15.1 Å². The van der Waals surface area contributed by atoms with Crippen LogP contribution in [0.3, 0.4) is 0 Å². The Morgan fingerprint density at radius 3 is 2.35 bits per heavy atom. The summed E-state index contributed by atoms with van der Waals surface area (Å²) >= 11 is 0. The Morgan fingerprint density at radius 2 is 1.84 bits per heavy atom. The topological polar surface area (TPSA) is 99.7 Å². The number of amides is 2. The van der Waals surface area contributed by atoms with Gasteiger partial charge < -0.3 is 15.1 Å². The van der Waals surface area contributed by atoms with Gasteiger partial charge in [-0.2, -0.15) is 44.6 Å². The molecule has 1 unspecified atom stereocenters. The number of carbonyl (C=O) groups is 2. The molecule has 2 N–H and O–H groups in total. The predicted molar refractivity (Wildman–Crippen MR) is 107 cm³/mol. The lowest BCUT2D eigenvalue weighted by Gasteiger charge is -2.27. The Bertz CT molecular complexity index is 1200. The predicted octanol–water partition coefficient (Wildman–Crippen LogP) is 3.96. The molecule has 3 rings (SSSR count). The summed E-state index contributed by atoms with van der Waals surface area (Å²) in [4.78, 5) is 28.6. The highest BCUT2D eigenvalue weighted by Gasteiger charge is 2.64. The van der Waals surface area contributed by atoms with Crippen molar-refractivity contribution in [3.8, 4) is 0 Å². The second-order valence-corrected chi connectivity index (χ2v) is 7.92. The standard InChI is InChI=1S/C20H16F9N5O3/c1-10-4-11(2-3-13(10)34(9-35)7-16(36)30-8-18(21,22)23)12-6-17(37-33-12,20(27,28)29)14-5-15(32-31-14)19(24,25)26/h2-5,9H,6-8H2,1H3,(H,30,36)(H,31,32). The molecule has 0 aliphatic carbocycles. The van der Waals surface area contributed by atoms with Gasteiger partial charge in [-0.1, -0.05) is 11.2 Å². The summed E-state index contributed by atoms with van der Waals surface area (Å²) in [6.07, 6.45) is -15.7. The van der Waals surface area contributed by atoms with Gasteiger partial charge in [0.2, 0.25) is 12.3 Å². The molecule has 0 bridgehead atoms. The molecule has 0 saturated carbocycles. The molecule has 17 heteroatoms. The lowest BCUT2D eigenvalue weighted by Crippen LogP contribution is -2.43. The lowest BCUT2D eigenvalue weighted by molar-refractivity contribution is -0.277. The van der Waals surface area contributed by atoms with Gasteiger partial charge in [-0.3, -0.25) is 14.7 Å². The molecule has 202 valence electrons. The number of H-pyrrole nitrogens is 1. The third kappa shape index (κ3) is 5.96. The van der Waals surface area contributed by atoms with Crippen molar-refractivity contribution >= 4 is 23.7 Å². The fraction of sp³-hybridized carbons (Fsp3) is 0.400. The van der Waals surface area contributed by atoms with Crippen LogP contribution < -0.4 is 10.2 Å². The Kier molecular flexibility index (Phi) is 7.20. The number of nitrogens with one attached hydrogen (secondary N) is 2. The number of anilines is 1. The number of carbonyl (C=O) groups excluding carboxylic acids is 2. The third-order valence-electron chi connectivity index (χ3n) is 5.26. The zero-order valence-electron chi connectivity index (χ0n) is 18.5. The van der Waals surface area contributed by atoms with Crippen LogP contribution in [0.1, 0.15) is 28.9 Å². The first-order valence-electron chi connectivity index (χ1n) is 10.1. The molecule has 8 nitrogen and oxygen atoms in total. The average Bonchev–Trinajstić information content (AvgIpc) is 3.43. The normalized spacial score (nSPS) is 18.3. The van der Waals surface area contributed by atoms with E-state index in [1.54, 1.807) is 10.4 Å². The van der Waals surface area contributed by atoms with Gasteiger partial charge >= 0.3 is 18.5 Å². The van der Waals surface area contributed by atoms with Crippen molar-refractivity contribution in [3.63, 3.8) is 0 Å². The van der Waals surface area contributed by atoms with Crippen molar-refractivity contribution in [1.29, 1.82) is 0 Å². The van der Waals surface area contributed by atoms with Crippen LogP contribution in [0.15, 0.2) is 29.4 Å². The maximum Gasteiger partial charge on any atom is 0.437 e. The first-order valence-corrected chi connectivity index (χ1v) is 10.1. The Labute approximate surface area is 201 Å². The van der Waals surface area contributed by atoms with E-state index >= 15 is 0 Å². The molecule has 1 aliphatic rings. The van der Waals surface area contributed by atoms with E-state index in [0.29, 0.717) is 0 Å². The van der Waals surface area contributed by atoms with Gasteiger partial charge in [-0.15, -0.1) is 0 Å². The SMILES string of the molecule is Cc1cc(C2=NOC(c3cc(C(F)(F)F)n[nH]3)(C(F)(F)F)C2)ccc1N(C=O)CC(=O)NCC(F)(F)F. The molecule has 0 fully saturated rings. The molecule has 1 aliphatic heterocycles. The number of aryl methyl sites for hydroxylation is 1. The van der Waals surface area contributed by atoms with Gasteiger partial charge in [0, 0.05) is 5.69 Å². The number of benzene rings is 1. The molecule has 0 spiro atoms. The summed E-state index contributed by atoms with van der Waals surface area (Å²) in [5.41, 5.74) is -5.84. The van der Waals surface area contributed by atoms with E-state index in [-0.39, 0.29) is 35.0 Å². The summed E-state index contributed by atoms with van der Waals surface area (Å²) in [5.74, 6) is -1.12. The molecule has 2 aromatic rings. The zero-order valence-corrected chi connectivity index (χ0v) is 18.5. The van der Waals surface area contributed by atoms with Crippen molar-refractivity contribution in [2.24, 2.45) is 5.16 Å². The first kappa shape index (κ1) is 27.8. The van der Waals surface area contributed by atoms with Gasteiger partial charge in [0.05, 0.1) is 17.8 Å². The molecule has 0 radical (unpaired) electrons. The highest BCUT2D eigenvalue weighted by molar-refractivity contribution is 6.02. The molecule has 0 saturated heterocycles. The summed E-state index contributed by atoms with van der Waals surface area (Å²) in [7, 11) is 0. The van der Waals surface area contributed by atoms with Crippen molar-refractivity contribution in [1.82, 2.24) is 15.5 Å². The lowest BCUT2D eigenvalue weighted by atomic mass is 9.89. The third-order valence-corrected chi connectivity index (χ3v) is 5.26. The minimum Gasteiger partial charge on any atom is -0.372 e. The number of hydrogen-bond donors (Lipinski definition) is 2. The van der Waals surface area contributed by atoms with E-state index in [1.165, 1.54) is 25.1 Å². The molecule has 2 heterocycles. The average molecular weight is 545 g/mol.